The van der Waals surface area contributed by atoms with Crippen LogP contribution in [0.4, 0.5) is 18.9 Å². The van der Waals surface area contributed by atoms with Gasteiger partial charge >= 0.3 is 6.18 Å². The molecule has 0 atom stereocenters. The van der Waals surface area contributed by atoms with Crippen LogP contribution in [0.3, 0.4) is 0 Å². The minimum absolute atomic E-state index is 0.116. The maximum Gasteiger partial charge on any atom is 0.416 e. The van der Waals surface area contributed by atoms with E-state index in [0.717, 1.165) is 12.1 Å². The monoisotopic (exact) mass is 191 g/mol. The van der Waals surface area contributed by atoms with Gasteiger partial charge in [0, 0.05) is 12.1 Å². The maximum atomic E-state index is 12.1. The van der Waals surface area contributed by atoms with Crippen molar-refractivity contribution in [2.75, 3.05) is 0 Å². The lowest BCUT2D eigenvalue weighted by Crippen LogP contribution is -2.11. The Morgan fingerprint density at radius 2 is 1.92 bits per heavy atom. The van der Waals surface area contributed by atoms with E-state index in [9.17, 15) is 18.1 Å². The summed E-state index contributed by atoms with van der Waals surface area (Å²) in [4.78, 5) is 10.3. The van der Waals surface area contributed by atoms with Crippen molar-refractivity contribution in [3.05, 3.63) is 34.7 Å². The first-order valence-electron chi connectivity index (χ1n) is 3.30. The van der Waals surface area contributed by atoms with E-state index in [1.54, 1.807) is 0 Å². The fraction of sp³-hybridized carbons (Fsp3) is 0.143. The average molecular weight is 191 g/mol. The molecule has 3 nitrogen and oxygen atoms in total. The summed E-state index contributed by atoms with van der Waals surface area (Å²) in [5.41, 5.74) is -1.12. The number of hydrogen-bond donors (Lipinski definition) is 1. The van der Waals surface area contributed by atoms with Gasteiger partial charge in [0.05, 0.1) is 10.5 Å². The van der Waals surface area contributed by atoms with Crippen LogP contribution in [0.15, 0.2) is 24.3 Å². The number of benzene rings is 1. The maximum absolute atomic E-state index is 12.1. The van der Waals surface area contributed by atoms with Crippen LogP contribution in [0.2, 0.25) is 0 Å². The van der Waals surface area contributed by atoms with E-state index in [0.29, 0.717) is 6.07 Å². The van der Waals surface area contributed by atoms with E-state index < -0.39 is 11.7 Å². The topological polar surface area (TPSA) is 46.1 Å². The summed E-state index contributed by atoms with van der Waals surface area (Å²) in [6.07, 6.45) is -4.45. The molecule has 0 aliphatic carbocycles. The van der Waals surface area contributed by atoms with Gasteiger partial charge in [-0.1, -0.05) is 6.07 Å². The molecule has 0 aliphatic heterocycles. The zero-order valence-electron chi connectivity index (χ0n) is 6.38. The molecule has 0 saturated carbocycles. The van der Waals surface area contributed by atoms with Gasteiger partial charge < -0.3 is 0 Å². The summed E-state index contributed by atoms with van der Waals surface area (Å²) in [6, 6.07) is 3.87. The molecule has 0 fully saturated rings. The van der Waals surface area contributed by atoms with E-state index in [1.807, 2.05) is 0 Å². The molecule has 0 bridgehead atoms. The van der Waals surface area contributed by atoms with E-state index in [-0.39, 0.29) is 10.6 Å². The number of rotatable bonds is 1. The zero-order chi connectivity index (χ0) is 10.1. The number of hydrogen-bond acceptors (Lipinski definition) is 1. The fourth-order valence-corrected chi connectivity index (χ4v) is 0.819. The summed E-state index contributed by atoms with van der Waals surface area (Å²) >= 11 is 0. The molecule has 0 spiro atoms. The Bertz CT molecular complexity index is 335. The third-order valence-electron chi connectivity index (χ3n) is 1.43. The molecular formula is C7H6F3N2O+. The van der Waals surface area contributed by atoms with Gasteiger partial charge in [-0.3, -0.25) is 0 Å². The highest BCUT2D eigenvalue weighted by atomic mass is 19.4. The number of nitrogens with zero attached hydrogens (tertiary/aromatic N) is 1. The van der Waals surface area contributed by atoms with Crippen LogP contribution < -0.4 is 5.84 Å². The van der Waals surface area contributed by atoms with Gasteiger partial charge in [-0.25, -0.2) is 0 Å². The molecule has 1 rings (SSSR count). The number of nitrogens with two attached hydrogens (primary N) is 1. The van der Waals surface area contributed by atoms with Crippen LogP contribution in [-0.2, 0) is 6.18 Å². The zero-order valence-corrected chi connectivity index (χ0v) is 6.38. The van der Waals surface area contributed by atoms with Crippen molar-refractivity contribution < 1.29 is 18.0 Å². The van der Waals surface area contributed by atoms with Gasteiger partial charge in [0.25, 0.3) is 5.69 Å². The second-order valence-electron chi connectivity index (χ2n) is 2.37. The average Bonchev–Trinajstić information content (AvgIpc) is 2.03. The lowest BCUT2D eigenvalue weighted by Gasteiger charge is -2.04. The van der Waals surface area contributed by atoms with Gasteiger partial charge in [0.15, 0.2) is 4.87 Å². The molecule has 0 unspecified atom stereocenters. The predicted molar refractivity (Wildman–Crippen MR) is 38.9 cm³/mol. The Labute approximate surface area is 71.5 Å². The first kappa shape index (κ1) is 9.50. The summed E-state index contributed by atoms with van der Waals surface area (Å²) in [6.45, 7) is 0. The molecule has 1 aromatic carbocycles. The van der Waals surface area contributed by atoms with E-state index in [4.69, 9.17) is 5.84 Å². The van der Waals surface area contributed by atoms with Crippen LogP contribution in [0, 0.1) is 4.91 Å². The molecule has 0 amide bonds. The number of hydrazine groups is 1. The third kappa shape index (κ3) is 2.17. The van der Waals surface area contributed by atoms with Crippen molar-refractivity contribution in [3.63, 3.8) is 0 Å². The first-order chi connectivity index (χ1) is 5.91. The smallest absolute Gasteiger partial charge is 0.166 e. The number of alkyl halides is 3. The van der Waals surface area contributed by atoms with E-state index in [1.165, 1.54) is 6.07 Å². The Kier molecular flexibility index (Phi) is 2.22. The molecule has 70 valence electrons. The molecule has 0 aromatic heterocycles. The van der Waals surface area contributed by atoms with Crippen molar-refractivity contribution in [2.45, 2.75) is 6.18 Å². The standard InChI is InChI=1S/C7H6F3N2O/c8-7(9,10)5-2-1-3-6(4-5)12(11)13/h1-4H,(H2,11,13)/q+1. The second-order valence-corrected chi connectivity index (χ2v) is 2.37. The van der Waals surface area contributed by atoms with Crippen molar-refractivity contribution >= 4 is 5.69 Å². The van der Waals surface area contributed by atoms with Crippen LogP contribution in [0.25, 0.3) is 0 Å². The lowest BCUT2D eigenvalue weighted by atomic mass is 10.2. The Morgan fingerprint density at radius 3 is 2.38 bits per heavy atom. The molecule has 6 heteroatoms. The van der Waals surface area contributed by atoms with Gasteiger partial charge in [-0.05, 0) is 6.07 Å². The van der Waals surface area contributed by atoms with Gasteiger partial charge in [-0.15, -0.1) is 0 Å². The SMILES string of the molecule is N[N+](=O)c1cccc(C(F)(F)F)c1. The summed E-state index contributed by atoms with van der Waals surface area (Å²) in [5, 5.41) is 0. The molecule has 1 aromatic rings. The van der Waals surface area contributed by atoms with Crippen LogP contribution >= 0.6 is 0 Å². The van der Waals surface area contributed by atoms with Crippen LogP contribution in [0.5, 0.6) is 0 Å². The van der Waals surface area contributed by atoms with Crippen molar-refractivity contribution in [1.29, 1.82) is 0 Å². The largest absolute Gasteiger partial charge is 0.416 e. The summed E-state index contributed by atoms with van der Waals surface area (Å²) in [7, 11) is 0. The van der Waals surface area contributed by atoms with Crippen LogP contribution in [-0.4, -0.2) is 4.87 Å². The van der Waals surface area contributed by atoms with Gasteiger partial charge in [0.1, 0.15) is 0 Å². The van der Waals surface area contributed by atoms with Gasteiger partial charge in [0.2, 0.25) is 0 Å². The van der Waals surface area contributed by atoms with Gasteiger partial charge in [-0.2, -0.15) is 19.0 Å². The Morgan fingerprint density at radius 1 is 1.31 bits per heavy atom. The minimum atomic E-state index is -4.45. The first-order valence-corrected chi connectivity index (χ1v) is 3.30. The quantitative estimate of drug-likeness (QED) is 0.419. The highest BCUT2D eigenvalue weighted by Crippen LogP contribution is 2.30. The predicted octanol–water partition coefficient (Wildman–Crippen LogP) is 1.99. The Balaban J connectivity index is 3.13. The number of nitroso groups, excluding NO2 is 1. The van der Waals surface area contributed by atoms with E-state index in [2.05, 4.69) is 0 Å². The molecule has 0 saturated heterocycles. The van der Waals surface area contributed by atoms with Crippen molar-refractivity contribution in [1.82, 2.24) is 0 Å². The molecule has 0 aliphatic rings. The highest BCUT2D eigenvalue weighted by Gasteiger charge is 2.31. The minimum Gasteiger partial charge on any atom is -0.166 e. The molecule has 2 N–H and O–H groups in total. The molecular weight excluding hydrogens is 185 g/mol. The molecule has 0 radical (unpaired) electrons. The lowest BCUT2D eigenvalue weighted by molar-refractivity contribution is -0.474. The number of halogens is 3. The summed E-state index contributed by atoms with van der Waals surface area (Å²) in [5.74, 6) is 4.74. The van der Waals surface area contributed by atoms with Crippen LogP contribution in [0.1, 0.15) is 5.56 Å². The van der Waals surface area contributed by atoms with Crippen molar-refractivity contribution in [3.8, 4) is 0 Å². The second kappa shape index (κ2) is 3.04. The molecule has 0 heterocycles. The Hall–Kier alpha value is -1.59. The normalized spacial score (nSPS) is 11.3. The summed E-state index contributed by atoms with van der Waals surface area (Å²) < 4.78 is 36.2. The fourth-order valence-electron chi connectivity index (χ4n) is 0.819. The van der Waals surface area contributed by atoms with Crippen molar-refractivity contribution in [2.24, 2.45) is 5.84 Å². The molecule has 13 heavy (non-hydrogen) atoms. The third-order valence-corrected chi connectivity index (χ3v) is 1.43. The van der Waals surface area contributed by atoms with E-state index >= 15 is 0 Å². The highest BCUT2D eigenvalue weighted by molar-refractivity contribution is 5.35.